The Balaban J connectivity index is 1.90. The molecule has 2 heterocycles. The summed E-state index contributed by atoms with van der Waals surface area (Å²) in [6.45, 7) is 3.96. The van der Waals surface area contributed by atoms with Crippen molar-refractivity contribution in [2.75, 3.05) is 0 Å². The summed E-state index contributed by atoms with van der Waals surface area (Å²) >= 11 is 1.48. The summed E-state index contributed by atoms with van der Waals surface area (Å²) in [5.74, 6) is -2.04. The number of halogens is 1. The van der Waals surface area contributed by atoms with E-state index in [1.165, 1.54) is 28.4 Å². The van der Waals surface area contributed by atoms with Crippen LogP contribution < -0.4 is 0 Å². The quantitative estimate of drug-likeness (QED) is 0.361. The van der Waals surface area contributed by atoms with Crippen molar-refractivity contribution in [1.82, 2.24) is 4.90 Å². The summed E-state index contributed by atoms with van der Waals surface area (Å²) in [6, 6.07) is 14.2. The molecule has 0 aliphatic carbocycles. The van der Waals surface area contributed by atoms with Crippen LogP contribution in [0.15, 0.2) is 65.6 Å². The maximum atomic E-state index is 13.5. The number of hydrogen-bond acceptors (Lipinski definition) is 4. The van der Waals surface area contributed by atoms with Crippen molar-refractivity contribution >= 4 is 28.8 Å². The highest BCUT2D eigenvalue weighted by atomic mass is 32.1. The second-order valence-corrected chi connectivity index (χ2v) is 8.41. The highest BCUT2D eigenvalue weighted by Crippen LogP contribution is 2.41. The van der Waals surface area contributed by atoms with Crippen molar-refractivity contribution < 1.29 is 19.1 Å². The number of carbonyl (C=O) groups is 2. The number of amides is 1. The van der Waals surface area contributed by atoms with Gasteiger partial charge >= 0.3 is 0 Å². The van der Waals surface area contributed by atoms with Gasteiger partial charge in [-0.15, -0.1) is 11.3 Å². The zero-order valence-corrected chi connectivity index (χ0v) is 17.4. The minimum Gasteiger partial charge on any atom is -0.507 e. The fraction of sp³-hybridized carbons (Fsp3) is 0.167. The molecule has 0 bridgehead atoms. The summed E-state index contributed by atoms with van der Waals surface area (Å²) in [7, 11) is 0. The largest absolute Gasteiger partial charge is 0.507 e. The topological polar surface area (TPSA) is 57.6 Å². The third-order valence-electron chi connectivity index (χ3n) is 5.28. The summed E-state index contributed by atoms with van der Waals surface area (Å²) in [6.07, 6.45) is 0. The Kier molecular flexibility index (Phi) is 5.26. The van der Waals surface area contributed by atoms with E-state index in [0.29, 0.717) is 11.1 Å². The van der Waals surface area contributed by atoms with Crippen molar-refractivity contribution in [2.24, 2.45) is 0 Å². The molecule has 3 aromatic rings. The Morgan fingerprint density at radius 2 is 1.83 bits per heavy atom. The van der Waals surface area contributed by atoms with Crippen molar-refractivity contribution in [3.63, 3.8) is 0 Å². The van der Waals surface area contributed by atoms with Gasteiger partial charge in [-0.05, 0) is 54.6 Å². The number of aryl methyl sites for hydroxylation is 2. The number of hydrogen-bond donors (Lipinski definition) is 1. The number of likely N-dealkylation sites (tertiary alicyclic amines) is 1. The highest BCUT2D eigenvalue weighted by Gasteiger charge is 2.46. The lowest BCUT2D eigenvalue weighted by Crippen LogP contribution is -2.28. The number of rotatable bonds is 4. The molecule has 0 radical (unpaired) electrons. The average molecular weight is 421 g/mol. The van der Waals surface area contributed by atoms with Gasteiger partial charge in [0.2, 0.25) is 0 Å². The number of nitrogens with zero attached hydrogens (tertiary/aromatic N) is 1. The van der Waals surface area contributed by atoms with E-state index >= 15 is 0 Å². The van der Waals surface area contributed by atoms with Crippen LogP contribution >= 0.6 is 11.3 Å². The van der Waals surface area contributed by atoms with Gasteiger partial charge in [-0.3, -0.25) is 9.59 Å². The molecule has 1 atom stereocenters. The van der Waals surface area contributed by atoms with Crippen molar-refractivity contribution in [2.45, 2.75) is 26.4 Å². The molecular formula is C24H20FNO3S. The summed E-state index contributed by atoms with van der Waals surface area (Å²) in [5.41, 5.74) is 2.82. The first-order chi connectivity index (χ1) is 14.4. The SMILES string of the molecule is Cc1ccc(C)c(/C(O)=C2\C(=O)C(=O)N(Cc3cccs3)C2c2ccc(F)cc2)c1. The molecule has 1 N–H and O–H groups in total. The predicted octanol–water partition coefficient (Wildman–Crippen LogP) is 5.13. The monoisotopic (exact) mass is 421 g/mol. The summed E-state index contributed by atoms with van der Waals surface area (Å²) < 4.78 is 13.5. The summed E-state index contributed by atoms with van der Waals surface area (Å²) in [4.78, 5) is 28.3. The van der Waals surface area contributed by atoms with Gasteiger partial charge in [0.1, 0.15) is 11.6 Å². The van der Waals surface area contributed by atoms with Crippen LogP contribution in [0.25, 0.3) is 5.76 Å². The van der Waals surface area contributed by atoms with Gasteiger partial charge < -0.3 is 10.0 Å². The van der Waals surface area contributed by atoms with Gasteiger partial charge in [-0.25, -0.2) is 4.39 Å². The van der Waals surface area contributed by atoms with Crippen LogP contribution in [0.1, 0.15) is 33.2 Å². The normalized spacial score (nSPS) is 18.2. The van der Waals surface area contributed by atoms with E-state index in [1.807, 2.05) is 43.5 Å². The molecule has 1 aliphatic rings. The maximum absolute atomic E-state index is 13.5. The van der Waals surface area contributed by atoms with Gasteiger partial charge in [0, 0.05) is 10.4 Å². The third-order valence-corrected chi connectivity index (χ3v) is 6.14. The number of carbonyl (C=O) groups excluding carboxylic acids is 2. The highest BCUT2D eigenvalue weighted by molar-refractivity contribution is 7.09. The van der Waals surface area contributed by atoms with E-state index in [1.54, 1.807) is 18.2 Å². The minimum atomic E-state index is -0.799. The van der Waals surface area contributed by atoms with Crippen molar-refractivity contribution in [3.8, 4) is 0 Å². The predicted molar refractivity (Wildman–Crippen MR) is 114 cm³/mol. The molecule has 0 saturated carbocycles. The molecule has 4 nitrogen and oxygen atoms in total. The van der Waals surface area contributed by atoms with E-state index in [4.69, 9.17) is 0 Å². The van der Waals surface area contributed by atoms with Crippen LogP contribution in [0.5, 0.6) is 0 Å². The van der Waals surface area contributed by atoms with Gasteiger partial charge in [0.25, 0.3) is 11.7 Å². The summed E-state index contributed by atoms with van der Waals surface area (Å²) in [5, 5.41) is 13.1. The number of Topliss-reactive ketones (excluding diaryl/α,β-unsaturated/α-hetero) is 1. The van der Waals surface area contributed by atoms with Crippen LogP contribution in [0.4, 0.5) is 4.39 Å². The molecule has 0 spiro atoms. The number of aliphatic hydroxyl groups excluding tert-OH is 1. The second kappa shape index (κ2) is 7.88. The van der Waals surface area contributed by atoms with E-state index in [9.17, 15) is 19.1 Å². The molecule has 1 aliphatic heterocycles. The van der Waals surface area contributed by atoms with E-state index < -0.39 is 23.5 Å². The molecule has 2 aromatic carbocycles. The van der Waals surface area contributed by atoms with Gasteiger partial charge in [-0.1, -0.05) is 35.9 Å². The van der Waals surface area contributed by atoms with Crippen LogP contribution in [0, 0.1) is 19.7 Å². The van der Waals surface area contributed by atoms with E-state index in [0.717, 1.165) is 16.0 Å². The number of benzene rings is 2. The Morgan fingerprint density at radius 1 is 1.10 bits per heavy atom. The Morgan fingerprint density at radius 3 is 2.50 bits per heavy atom. The Labute approximate surface area is 177 Å². The van der Waals surface area contributed by atoms with Crippen molar-refractivity contribution in [3.05, 3.63) is 98.5 Å². The molecule has 1 aromatic heterocycles. The van der Waals surface area contributed by atoms with E-state index in [2.05, 4.69) is 0 Å². The molecule has 152 valence electrons. The first-order valence-electron chi connectivity index (χ1n) is 9.50. The zero-order chi connectivity index (χ0) is 21.4. The molecule has 1 fully saturated rings. The molecule has 1 saturated heterocycles. The van der Waals surface area contributed by atoms with Crippen LogP contribution in [-0.4, -0.2) is 21.7 Å². The van der Waals surface area contributed by atoms with Crippen LogP contribution in [0.2, 0.25) is 0 Å². The van der Waals surface area contributed by atoms with E-state index in [-0.39, 0.29) is 17.9 Å². The fourth-order valence-corrected chi connectivity index (χ4v) is 4.44. The first-order valence-corrected chi connectivity index (χ1v) is 10.4. The fourth-order valence-electron chi connectivity index (χ4n) is 3.74. The molecule has 6 heteroatoms. The third kappa shape index (κ3) is 3.55. The standard InChI is InChI=1S/C24H20FNO3S/c1-14-5-6-15(2)19(12-14)22(27)20-21(16-7-9-17(25)10-8-16)26(24(29)23(20)28)13-18-4-3-11-30-18/h3-12,21,27H,13H2,1-2H3/b22-20+. The maximum Gasteiger partial charge on any atom is 0.295 e. The van der Waals surface area contributed by atoms with Crippen LogP contribution in [-0.2, 0) is 16.1 Å². The van der Waals surface area contributed by atoms with Crippen LogP contribution in [0.3, 0.4) is 0 Å². The molecule has 1 unspecified atom stereocenters. The molecule has 30 heavy (non-hydrogen) atoms. The molecular weight excluding hydrogens is 401 g/mol. The average Bonchev–Trinajstić information content (AvgIpc) is 3.32. The number of ketones is 1. The second-order valence-electron chi connectivity index (χ2n) is 7.38. The lowest BCUT2D eigenvalue weighted by Gasteiger charge is -2.25. The minimum absolute atomic E-state index is 0.0249. The zero-order valence-electron chi connectivity index (χ0n) is 16.6. The lowest BCUT2D eigenvalue weighted by molar-refractivity contribution is -0.140. The Bertz CT molecular complexity index is 1150. The van der Waals surface area contributed by atoms with Gasteiger partial charge in [-0.2, -0.15) is 0 Å². The molecule has 1 amide bonds. The molecule has 4 rings (SSSR count). The number of thiophene rings is 1. The Hall–Kier alpha value is -3.25. The lowest BCUT2D eigenvalue weighted by atomic mass is 9.93. The van der Waals surface area contributed by atoms with Gasteiger partial charge in [0.05, 0.1) is 18.2 Å². The van der Waals surface area contributed by atoms with Crippen molar-refractivity contribution in [1.29, 1.82) is 0 Å². The first kappa shape index (κ1) is 20.0. The smallest absolute Gasteiger partial charge is 0.295 e. The van der Waals surface area contributed by atoms with Gasteiger partial charge in [0.15, 0.2) is 0 Å². The number of aliphatic hydroxyl groups is 1.